The minimum atomic E-state index is -1.06. The van der Waals surface area contributed by atoms with Crippen molar-refractivity contribution in [2.45, 2.75) is 42.7 Å². The number of nitrogens with two attached hydrogens (primary N) is 1. The molecule has 2 atom stereocenters. The van der Waals surface area contributed by atoms with Crippen molar-refractivity contribution >= 4 is 64.1 Å². The van der Waals surface area contributed by atoms with Crippen molar-refractivity contribution in [2.75, 3.05) is 57.3 Å². The Hall–Kier alpha value is -6.92. The fourth-order valence-electron chi connectivity index (χ4n) is 8.53. The third-order valence-electron chi connectivity index (χ3n) is 11.8. The van der Waals surface area contributed by atoms with Gasteiger partial charge in [-0.3, -0.25) is 43.9 Å². The van der Waals surface area contributed by atoms with Crippen LogP contribution < -0.4 is 15.8 Å². The molecule has 18 heteroatoms. The summed E-state index contributed by atoms with van der Waals surface area (Å²) in [4.78, 5) is 93.6. The summed E-state index contributed by atoms with van der Waals surface area (Å²) in [5, 5.41) is 7.88. The summed E-state index contributed by atoms with van der Waals surface area (Å²) in [7, 11) is 0. The maximum Gasteiger partial charge on any atom is 0.263 e. The summed E-state index contributed by atoms with van der Waals surface area (Å²) in [6, 6.07) is 20.9. The number of para-hydroxylation sites is 1. The number of ether oxygens (including phenoxy) is 1. The summed E-state index contributed by atoms with van der Waals surface area (Å²) >= 11 is 1.18. The first-order valence-corrected chi connectivity index (χ1v) is 21.9. The van der Waals surface area contributed by atoms with E-state index in [2.05, 4.69) is 20.2 Å². The molecular formula is C45H44N10O7S. The predicted octanol–water partition coefficient (Wildman–Crippen LogP) is 3.93. The Morgan fingerprint density at radius 1 is 0.857 bits per heavy atom. The molecule has 4 aliphatic heterocycles. The number of anilines is 1. The Morgan fingerprint density at radius 3 is 2.41 bits per heavy atom. The number of piperidine rings is 2. The van der Waals surface area contributed by atoms with E-state index in [0.29, 0.717) is 79.0 Å². The highest BCUT2D eigenvalue weighted by molar-refractivity contribution is 8.00. The average Bonchev–Trinajstić information content (AvgIpc) is 3.82. The molecule has 0 aliphatic carbocycles. The van der Waals surface area contributed by atoms with E-state index in [1.807, 2.05) is 70.3 Å². The normalized spacial score (nSPS) is 19.5. The van der Waals surface area contributed by atoms with Crippen LogP contribution in [0.1, 0.15) is 52.4 Å². The molecule has 3 fully saturated rings. The summed E-state index contributed by atoms with van der Waals surface area (Å²) in [5.41, 5.74) is 8.87. The van der Waals surface area contributed by atoms with E-state index in [-0.39, 0.29) is 47.6 Å². The van der Waals surface area contributed by atoms with Crippen LogP contribution in [0, 0.1) is 0 Å². The second kappa shape index (κ2) is 17.8. The first-order chi connectivity index (χ1) is 30.6. The third-order valence-corrected chi connectivity index (χ3v) is 12.9. The molecule has 9 rings (SSSR count). The van der Waals surface area contributed by atoms with Gasteiger partial charge in [0.05, 0.1) is 28.3 Å². The van der Waals surface area contributed by atoms with E-state index in [9.17, 15) is 28.8 Å². The first kappa shape index (κ1) is 41.4. The maximum atomic E-state index is 13.5. The van der Waals surface area contributed by atoms with Gasteiger partial charge < -0.3 is 20.3 Å². The monoisotopic (exact) mass is 868 g/mol. The number of fused-ring (bicyclic) bond motifs is 2. The van der Waals surface area contributed by atoms with Gasteiger partial charge in [0.25, 0.3) is 11.8 Å². The molecule has 322 valence electrons. The van der Waals surface area contributed by atoms with Crippen LogP contribution in [0.25, 0.3) is 22.3 Å². The van der Waals surface area contributed by atoms with Crippen LogP contribution in [-0.2, 0) is 19.2 Å². The number of likely N-dealkylation sites (tertiary alicyclic amines) is 1. The fraction of sp³-hybridized carbons (Fsp3) is 0.311. The van der Waals surface area contributed by atoms with E-state index >= 15 is 0 Å². The molecule has 3 saturated heterocycles. The molecule has 63 heavy (non-hydrogen) atoms. The number of aromatic nitrogens is 4. The Balaban J connectivity index is 0.769. The van der Waals surface area contributed by atoms with Crippen molar-refractivity contribution in [2.24, 2.45) is 0 Å². The summed E-state index contributed by atoms with van der Waals surface area (Å²) in [6.07, 6.45) is 6.63. The van der Waals surface area contributed by atoms with Crippen LogP contribution in [0.3, 0.4) is 0 Å². The molecule has 6 heterocycles. The Kier molecular flexibility index (Phi) is 11.7. The highest BCUT2D eigenvalue weighted by Gasteiger charge is 2.45. The molecule has 0 saturated carbocycles. The molecule has 3 aromatic carbocycles. The molecule has 3 N–H and O–H groups in total. The van der Waals surface area contributed by atoms with Gasteiger partial charge in [0, 0.05) is 68.8 Å². The smallest absolute Gasteiger partial charge is 0.263 e. The number of hydrogen-bond acceptors (Lipinski definition) is 13. The van der Waals surface area contributed by atoms with Crippen molar-refractivity contribution in [3.05, 3.63) is 102 Å². The van der Waals surface area contributed by atoms with Crippen molar-refractivity contribution in [1.29, 1.82) is 0 Å². The van der Waals surface area contributed by atoms with Gasteiger partial charge in [-0.05, 0) is 67.8 Å². The number of nitrogens with one attached hydrogen (secondary N) is 1. The van der Waals surface area contributed by atoms with Crippen LogP contribution in [0.2, 0.25) is 0 Å². The predicted molar refractivity (Wildman–Crippen MR) is 233 cm³/mol. The number of nitrogen functional groups attached to an aromatic ring is 1. The number of carbonyl (C=O) groups is 6. The van der Waals surface area contributed by atoms with Gasteiger partial charge in [-0.1, -0.05) is 30.3 Å². The number of thioether (sulfide) groups is 1. The zero-order valence-corrected chi connectivity index (χ0v) is 35.0. The summed E-state index contributed by atoms with van der Waals surface area (Å²) in [5.74, 6) is -0.662. The van der Waals surface area contributed by atoms with E-state index in [0.717, 1.165) is 29.1 Å². The molecule has 0 spiro atoms. The maximum absolute atomic E-state index is 13.5. The minimum absolute atomic E-state index is 0.0334. The van der Waals surface area contributed by atoms with Gasteiger partial charge in [0.1, 0.15) is 35.4 Å². The van der Waals surface area contributed by atoms with Gasteiger partial charge in [-0.15, -0.1) is 11.8 Å². The topological polar surface area (TPSA) is 206 Å². The van der Waals surface area contributed by atoms with Crippen LogP contribution >= 0.6 is 11.8 Å². The number of benzene rings is 3. The average molecular weight is 869 g/mol. The number of hydrogen-bond donors (Lipinski definition) is 2. The highest BCUT2D eigenvalue weighted by atomic mass is 32.2. The summed E-state index contributed by atoms with van der Waals surface area (Å²) in [6.45, 7) is 3.88. The van der Waals surface area contributed by atoms with Gasteiger partial charge in [0.15, 0.2) is 5.65 Å². The second-order valence-electron chi connectivity index (χ2n) is 15.8. The van der Waals surface area contributed by atoms with Crippen LogP contribution in [0.4, 0.5) is 5.82 Å². The van der Waals surface area contributed by atoms with E-state index in [1.54, 1.807) is 23.1 Å². The van der Waals surface area contributed by atoms with Gasteiger partial charge in [-0.2, -0.15) is 5.10 Å². The SMILES string of the molecule is Nc1ncnc2c1c(-c1ccc(Oc3ccccc3)cc1)nn2[C@@H]1CCCN(C(=O)/C=C/CN2CCN(C(=O)CSc3cccc4c3C(=O)N(C3CCC(=O)NC3=O)C4=O)CC2)C1. The highest BCUT2D eigenvalue weighted by Crippen LogP contribution is 2.36. The van der Waals surface area contributed by atoms with Crippen LogP contribution in [0.5, 0.6) is 11.5 Å². The van der Waals surface area contributed by atoms with E-state index in [1.165, 1.54) is 24.2 Å². The molecule has 0 bridgehead atoms. The number of carbonyl (C=O) groups excluding carboxylic acids is 6. The lowest BCUT2D eigenvalue weighted by Crippen LogP contribution is -2.54. The molecule has 6 amide bonds. The molecular weight excluding hydrogens is 825 g/mol. The fourth-order valence-corrected chi connectivity index (χ4v) is 9.51. The molecule has 4 aliphatic rings. The molecule has 2 aromatic heterocycles. The summed E-state index contributed by atoms with van der Waals surface area (Å²) < 4.78 is 7.86. The molecule has 1 unspecified atom stereocenters. The minimum Gasteiger partial charge on any atom is -0.457 e. The Labute approximate surface area is 366 Å². The van der Waals surface area contributed by atoms with Crippen LogP contribution in [-0.4, -0.2) is 132 Å². The zero-order valence-electron chi connectivity index (χ0n) is 34.2. The Morgan fingerprint density at radius 2 is 1.63 bits per heavy atom. The molecule has 0 radical (unpaired) electrons. The quantitative estimate of drug-likeness (QED) is 0.110. The lowest BCUT2D eigenvalue weighted by Gasteiger charge is -2.34. The molecule has 5 aromatic rings. The zero-order chi connectivity index (χ0) is 43.6. The standard InChI is InChI=1S/C45H44N10O7S/c46-41-39-40(28-13-15-31(16-14-28)62-30-8-2-1-3-9-30)50-55(42(39)48-27-47-41)29-7-5-20-53(25-29)36(57)12-6-19-51-21-23-52(24-22-51)37(58)26-63-34-11-4-10-32-38(34)45(61)54(44(32)60)33-17-18-35(56)49-43(33)59/h1-4,6,8-16,27,29,33H,5,7,17-26H2,(H2,46,47,48)(H,49,56,59)/b12-6+/t29-,33?/m1/s1. The van der Waals surface area contributed by atoms with Crippen LogP contribution in [0.15, 0.2) is 96.2 Å². The van der Waals surface area contributed by atoms with Crippen molar-refractivity contribution in [3.8, 4) is 22.8 Å². The van der Waals surface area contributed by atoms with Crippen molar-refractivity contribution in [3.63, 3.8) is 0 Å². The largest absolute Gasteiger partial charge is 0.457 e. The Bertz CT molecular complexity index is 2650. The van der Waals surface area contributed by atoms with Gasteiger partial charge in [0.2, 0.25) is 23.6 Å². The van der Waals surface area contributed by atoms with E-state index < -0.39 is 29.7 Å². The third kappa shape index (κ3) is 8.50. The van der Waals surface area contributed by atoms with Crippen molar-refractivity contribution in [1.82, 2.24) is 44.7 Å². The number of nitrogens with zero attached hydrogens (tertiary/aromatic N) is 8. The van der Waals surface area contributed by atoms with Gasteiger partial charge >= 0.3 is 0 Å². The second-order valence-corrected chi connectivity index (χ2v) is 16.8. The lowest BCUT2D eigenvalue weighted by atomic mass is 10.0. The van der Waals surface area contributed by atoms with Gasteiger partial charge in [-0.25, -0.2) is 14.6 Å². The lowest BCUT2D eigenvalue weighted by molar-refractivity contribution is -0.136. The first-order valence-electron chi connectivity index (χ1n) is 20.9. The molecule has 17 nitrogen and oxygen atoms in total. The number of amides is 6. The number of imide groups is 2. The van der Waals surface area contributed by atoms with Crippen molar-refractivity contribution < 1.29 is 33.5 Å². The number of piperazine rings is 1. The number of rotatable bonds is 11. The van der Waals surface area contributed by atoms with E-state index in [4.69, 9.17) is 15.6 Å².